The average Bonchev–Trinajstić information content (AvgIpc) is 3.04. The normalized spacial score (nSPS) is 12.6. The van der Waals surface area contributed by atoms with Gasteiger partial charge >= 0.3 is 18.1 Å². The third kappa shape index (κ3) is 10.1. The Bertz CT molecular complexity index is 1550. The summed E-state index contributed by atoms with van der Waals surface area (Å²) in [6.45, 7) is 0.383. The molecule has 4 aromatic rings. The van der Waals surface area contributed by atoms with Gasteiger partial charge in [0.05, 0.1) is 36.3 Å². The van der Waals surface area contributed by atoms with Gasteiger partial charge in [-0.15, -0.1) is 0 Å². The molecule has 0 saturated heterocycles. The maximum Gasteiger partial charge on any atom is 0.417 e. The molecule has 4 rings (SSSR count). The number of alkyl halides is 3. The van der Waals surface area contributed by atoms with Crippen LogP contribution in [0.25, 0.3) is 0 Å². The molecule has 2 atom stereocenters. The first-order chi connectivity index (χ1) is 21.6. The second kappa shape index (κ2) is 16.1. The van der Waals surface area contributed by atoms with Gasteiger partial charge in [0.15, 0.2) is 0 Å². The Kier molecular flexibility index (Phi) is 12.0. The van der Waals surface area contributed by atoms with Crippen molar-refractivity contribution >= 4 is 23.5 Å². The van der Waals surface area contributed by atoms with E-state index in [1.165, 1.54) is 13.2 Å². The number of esters is 2. The quantitative estimate of drug-likeness (QED) is 0.143. The van der Waals surface area contributed by atoms with Gasteiger partial charge in [-0.3, -0.25) is 4.79 Å². The lowest BCUT2D eigenvalue weighted by Crippen LogP contribution is -2.37. The van der Waals surface area contributed by atoms with Crippen molar-refractivity contribution in [2.24, 2.45) is 0 Å². The Labute approximate surface area is 265 Å². The summed E-state index contributed by atoms with van der Waals surface area (Å²) in [5.41, 5.74) is 1.28. The summed E-state index contributed by atoms with van der Waals surface area (Å²) in [4.78, 5) is 24.6. The highest BCUT2D eigenvalue weighted by atomic mass is 35.5. The van der Waals surface area contributed by atoms with Gasteiger partial charge in [0.25, 0.3) is 0 Å². The van der Waals surface area contributed by atoms with Crippen molar-refractivity contribution in [2.45, 2.75) is 37.6 Å². The number of ether oxygens (including phenoxy) is 3. The van der Waals surface area contributed by atoms with E-state index in [0.29, 0.717) is 23.3 Å². The maximum atomic E-state index is 13.6. The highest BCUT2D eigenvalue weighted by Gasteiger charge is 2.34. The molecule has 236 valence electrons. The van der Waals surface area contributed by atoms with Gasteiger partial charge in [-0.2, -0.15) is 13.2 Å². The van der Waals surface area contributed by atoms with Crippen LogP contribution < -0.4 is 10.1 Å². The first-order valence-corrected chi connectivity index (χ1v) is 14.7. The van der Waals surface area contributed by atoms with Crippen molar-refractivity contribution in [3.8, 4) is 5.75 Å². The molecule has 2 unspecified atom stereocenters. The monoisotopic (exact) mass is 639 g/mol. The third-order valence-electron chi connectivity index (χ3n) is 7.08. The van der Waals surface area contributed by atoms with Crippen LogP contribution >= 0.6 is 11.6 Å². The van der Waals surface area contributed by atoms with Crippen molar-refractivity contribution in [1.82, 2.24) is 5.32 Å². The van der Waals surface area contributed by atoms with E-state index < -0.39 is 29.9 Å². The van der Waals surface area contributed by atoms with Crippen molar-refractivity contribution in [3.05, 3.63) is 136 Å². The number of carbonyl (C=O) groups excluding carboxylic acids is 2. The fraction of sp³-hybridized carbons (Fsp3) is 0.257. The van der Waals surface area contributed by atoms with E-state index >= 15 is 0 Å². The molecule has 1 N–H and O–H groups in total. The van der Waals surface area contributed by atoms with Crippen LogP contribution in [0.1, 0.15) is 45.1 Å². The van der Waals surface area contributed by atoms with E-state index in [2.05, 4.69) is 5.32 Å². The van der Waals surface area contributed by atoms with Crippen LogP contribution in [-0.2, 0) is 33.3 Å². The molecule has 0 bridgehead atoms. The number of carbonyl (C=O) groups is 2. The lowest BCUT2D eigenvalue weighted by molar-refractivity contribution is -0.140. The fourth-order valence-corrected chi connectivity index (χ4v) is 5.05. The van der Waals surface area contributed by atoms with Gasteiger partial charge in [-0.05, 0) is 59.9 Å². The zero-order valence-corrected chi connectivity index (χ0v) is 25.3. The first kappa shape index (κ1) is 33.6. The molecule has 0 saturated carbocycles. The Morgan fingerprint density at radius 2 is 1.58 bits per heavy atom. The molecule has 0 aromatic heterocycles. The minimum absolute atomic E-state index is 0.0918. The Balaban J connectivity index is 1.52. The van der Waals surface area contributed by atoms with Crippen LogP contribution in [0.15, 0.2) is 103 Å². The zero-order chi connectivity index (χ0) is 32.2. The molecule has 0 aliphatic rings. The van der Waals surface area contributed by atoms with Crippen LogP contribution in [0.3, 0.4) is 0 Å². The summed E-state index contributed by atoms with van der Waals surface area (Å²) in [6.07, 6.45) is -4.66. The summed E-state index contributed by atoms with van der Waals surface area (Å²) in [5.74, 6) is -0.347. The summed E-state index contributed by atoms with van der Waals surface area (Å²) < 4.78 is 57.4. The summed E-state index contributed by atoms with van der Waals surface area (Å²) in [6, 6.07) is 28.3. The van der Waals surface area contributed by atoms with Crippen LogP contribution in [0, 0.1) is 0 Å². The number of hydrogen-bond acceptors (Lipinski definition) is 6. The SMILES string of the molecule is COC(=O)Cc1cccc(OCCC(Cc2cccc(C(F)(F)F)c2Cl)NCC(OC(=O)c2ccccc2)c2ccccc2)c1. The van der Waals surface area contributed by atoms with Crippen molar-refractivity contribution in [1.29, 1.82) is 0 Å². The molecule has 0 heterocycles. The molecule has 0 spiro atoms. The highest BCUT2D eigenvalue weighted by Crippen LogP contribution is 2.36. The number of hydrogen-bond donors (Lipinski definition) is 1. The number of nitrogens with one attached hydrogen (secondary N) is 1. The summed E-state index contributed by atoms with van der Waals surface area (Å²) in [7, 11) is 1.32. The van der Waals surface area contributed by atoms with E-state index in [1.807, 2.05) is 30.3 Å². The molecule has 4 aromatic carbocycles. The third-order valence-corrected chi connectivity index (χ3v) is 7.53. The van der Waals surface area contributed by atoms with Crippen molar-refractivity contribution < 1.29 is 37.0 Å². The lowest BCUT2D eigenvalue weighted by atomic mass is 10.00. The number of rotatable bonds is 14. The van der Waals surface area contributed by atoms with E-state index in [-0.39, 0.29) is 37.0 Å². The minimum Gasteiger partial charge on any atom is -0.494 e. The molecule has 0 amide bonds. The molecule has 45 heavy (non-hydrogen) atoms. The maximum absolute atomic E-state index is 13.6. The predicted molar refractivity (Wildman–Crippen MR) is 165 cm³/mol. The molecule has 6 nitrogen and oxygen atoms in total. The summed E-state index contributed by atoms with van der Waals surface area (Å²) in [5, 5.41) is 3.02. The van der Waals surface area contributed by atoms with E-state index in [0.717, 1.165) is 17.2 Å². The molecule has 0 radical (unpaired) electrons. The van der Waals surface area contributed by atoms with Crippen LogP contribution in [0.4, 0.5) is 13.2 Å². The molecule has 0 aliphatic heterocycles. The van der Waals surface area contributed by atoms with E-state index in [9.17, 15) is 22.8 Å². The standard InChI is InChI=1S/C35H33ClF3NO5/c1-43-32(41)21-24-10-8-16-29(20-24)44-19-18-28(22-27-15-9-17-30(33(27)36)35(37,38)39)40-23-31(25-11-4-2-5-12-25)45-34(42)26-13-6-3-7-14-26/h2-17,20,28,31,40H,18-19,21-23H2,1H3. The molecular formula is C35H33ClF3NO5. The Morgan fingerprint density at radius 3 is 2.27 bits per heavy atom. The molecule has 10 heteroatoms. The second-order valence-corrected chi connectivity index (χ2v) is 10.7. The Morgan fingerprint density at radius 1 is 0.889 bits per heavy atom. The van der Waals surface area contributed by atoms with Gasteiger partial charge in [-0.1, -0.05) is 84.4 Å². The van der Waals surface area contributed by atoms with Gasteiger partial charge in [0.1, 0.15) is 11.9 Å². The van der Waals surface area contributed by atoms with Crippen LogP contribution in [0.5, 0.6) is 5.75 Å². The predicted octanol–water partition coefficient (Wildman–Crippen LogP) is 7.64. The van der Waals surface area contributed by atoms with E-state index in [1.54, 1.807) is 60.7 Å². The van der Waals surface area contributed by atoms with Gasteiger partial charge in [-0.25, -0.2) is 4.79 Å². The minimum atomic E-state index is -4.60. The molecule has 0 fully saturated rings. The van der Waals surface area contributed by atoms with Crippen LogP contribution in [0.2, 0.25) is 5.02 Å². The Hall–Kier alpha value is -4.34. The smallest absolute Gasteiger partial charge is 0.417 e. The molecular weight excluding hydrogens is 607 g/mol. The number of methoxy groups -OCH3 is 1. The zero-order valence-electron chi connectivity index (χ0n) is 24.6. The van der Waals surface area contributed by atoms with Gasteiger partial charge in [0.2, 0.25) is 0 Å². The van der Waals surface area contributed by atoms with Crippen LogP contribution in [-0.4, -0.2) is 38.2 Å². The number of benzene rings is 4. The van der Waals surface area contributed by atoms with E-state index in [4.69, 9.17) is 25.8 Å². The highest BCUT2D eigenvalue weighted by molar-refractivity contribution is 6.32. The van der Waals surface area contributed by atoms with Gasteiger partial charge in [0, 0.05) is 12.6 Å². The van der Waals surface area contributed by atoms with Gasteiger partial charge < -0.3 is 19.5 Å². The average molecular weight is 640 g/mol. The summed E-state index contributed by atoms with van der Waals surface area (Å²) >= 11 is 6.25. The largest absolute Gasteiger partial charge is 0.494 e. The molecule has 0 aliphatic carbocycles. The number of halogens is 4. The fourth-order valence-electron chi connectivity index (χ4n) is 4.74. The van der Waals surface area contributed by atoms with Crippen molar-refractivity contribution in [3.63, 3.8) is 0 Å². The first-order valence-electron chi connectivity index (χ1n) is 14.3. The van der Waals surface area contributed by atoms with Crippen molar-refractivity contribution in [2.75, 3.05) is 20.3 Å². The lowest BCUT2D eigenvalue weighted by Gasteiger charge is -2.25. The topological polar surface area (TPSA) is 73.9 Å². The second-order valence-electron chi connectivity index (χ2n) is 10.3.